The Morgan fingerprint density at radius 2 is 2.22 bits per heavy atom. The molecule has 1 aliphatic rings. The van der Waals surface area contributed by atoms with Crippen LogP contribution in [0, 0.1) is 18.3 Å². The molecule has 1 saturated heterocycles. The second-order valence-electron chi connectivity index (χ2n) is 4.58. The van der Waals surface area contributed by atoms with E-state index in [0.29, 0.717) is 5.75 Å². The van der Waals surface area contributed by atoms with Crippen molar-refractivity contribution in [3.63, 3.8) is 0 Å². The number of carbonyl (C=O) groups excluding carboxylic acids is 1. The zero-order valence-corrected chi connectivity index (χ0v) is 11.3. The Morgan fingerprint density at radius 1 is 1.61 bits per heavy atom. The molecule has 18 heavy (non-hydrogen) atoms. The summed E-state index contributed by atoms with van der Waals surface area (Å²) in [6, 6.07) is -1.63. The minimum atomic E-state index is -0.994. The maximum absolute atomic E-state index is 12.2. The lowest BCUT2D eigenvalue weighted by atomic mass is 10.1. The van der Waals surface area contributed by atoms with E-state index in [4.69, 9.17) is 17.3 Å². The van der Waals surface area contributed by atoms with Crippen molar-refractivity contribution in [3.05, 3.63) is 0 Å². The van der Waals surface area contributed by atoms with Gasteiger partial charge in [-0.1, -0.05) is 13.8 Å². The largest absolute Gasteiger partial charge is 0.480 e. The number of amides is 1. The molecule has 1 heterocycles. The van der Waals surface area contributed by atoms with E-state index in [1.807, 2.05) is 13.8 Å². The van der Waals surface area contributed by atoms with Crippen LogP contribution in [0.25, 0.3) is 0 Å². The Balaban J connectivity index is 2.93. The molecule has 0 aliphatic carbocycles. The van der Waals surface area contributed by atoms with Crippen LogP contribution in [0.1, 0.15) is 20.3 Å². The predicted molar refractivity (Wildman–Crippen MR) is 70.8 cm³/mol. The fraction of sp³-hybridized carbons (Fsp3) is 0.667. The van der Waals surface area contributed by atoms with E-state index in [9.17, 15) is 9.59 Å². The molecular formula is C12H18N2O3S. The maximum Gasteiger partial charge on any atom is 0.327 e. The Hall–Kier alpha value is -1.19. The number of aliphatic carboxylic acids is 1. The highest BCUT2D eigenvalue weighted by molar-refractivity contribution is 8.00. The van der Waals surface area contributed by atoms with Crippen molar-refractivity contribution in [2.45, 2.75) is 37.7 Å². The Bertz CT molecular complexity index is 378. The van der Waals surface area contributed by atoms with E-state index in [0.717, 1.165) is 0 Å². The minimum absolute atomic E-state index is 0.122. The first-order valence-corrected chi connectivity index (χ1v) is 6.80. The van der Waals surface area contributed by atoms with Gasteiger partial charge in [-0.3, -0.25) is 4.79 Å². The minimum Gasteiger partial charge on any atom is -0.480 e. The molecule has 3 atom stereocenters. The molecule has 5 nitrogen and oxygen atoms in total. The van der Waals surface area contributed by atoms with Crippen LogP contribution >= 0.6 is 11.8 Å². The highest BCUT2D eigenvalue weighted by atomic mass is 32.2. The molecular weight excluding hydrogens is 252 g/mol. The third-order valence-electron chi connectivity index (χ3n) is 2.80. The number of carboxylic acids is 1. The van der Waals surface area contributed by atoms with Gasteiger partial charge in [0, 0.05) is 12.2 Å². The first-order chi connectivity index (χ1) is 8.40. The van der Waals surface area contributed by atoms with Gasteiger partial charge >= 0.3 is 5.97 Å². The number of hydrogen-bond acceptors (Lipinski definition) is 4. The van der Waals surface area contributed by atoms with E-state index < -0.39 is 18.1 Å². The van der Waals surface area contributed by atoms with Crippen molar-refractivity contribution in [1.82, 2.24) is 4.90 Å². The second kappa shape index (κ2) is 6.12. The van der Waals surface area contributed by atoms with Crippen molar-refractivity contribution in [2.24, 2.45) is 11.7 Å². The maximum atomic E-state index is 12.2. The highest BCUT2D eigenvalue weighted by Crippen LogP contribution is 2.34. The standard InChI is InChI=1S/C12H18N2O3S/c1-4-5-8(13)10(15)14-9(12(16)17)6-18-11(14)7(2)3/h1,7-9,11H,5-6,13H2,2-3H3,(H,16,17). The molecule has 0 spiro atoms. The van der Waals surface area contributed by atoms with Gasteiger partial charge in [-0.15, -0.1) is 24.1 Å². The van der Waals surface area contributed by atoms with Crippen LogP contribution in [0.15, 0.2) is 0 Å². The lowest BCUT2D eigenvalue weighted by Crippen LogP contribution is -2.53. The molecule has 1 rings (SSSR count). The summed E-state index contributed by atoms with van der Waals surface area (Å²) in [5.41, 5.74) is 5.70. The molecule has 1 amide bonds. The van der Waals surface area contributed by atoms with Crippen LogP contribution in [0.5, 0.6) is 0 Å². The predicted octanol–water partition coefficient (Wildman–Crippen LogP) is 0.348. The smallest absolute Gasteiger partial charge is 0.327 e. The van der Waals surface area contributed by atoms with E-state index in [-0.39, 0.29) is 23.6 Å². The lowest BCUT2D eigenvalue weighted by Gasteiger charge is -2.31. The average Bonchev–Trinajstić information content (AvgIpc) is 2.72. The summed E-state index contributed by atoms with van der Waals surface area (Å²) in [6.45, 7) is 3.91. The van der Waals surface area contributed by atoms with Crippen molar-refractivity contribution in [2.75, 3.05) is 5.75 Å². The number of thioether (sulfide) groups is 1. The monoisotopic (exact) mass is 270 g/mol. The summed E-state index contributed by atoms with van der Waals surface area (Å²) >= 11 is 1.48. The van der Waals surface area contributed by atoms with E-state index in [1.165, 1.54) is 16.7 Å². The zero-order valence-electron chi connectivity index (χ0n) is 10.5. The molecule has 3 unspecified atom stereocenters. The van der Waals surface area contributed by atoms with Gasteiger partial charge in [0.15, 0.2) is 0 Å². The van der Waals surface area contributed by atoms with Gasteiger partial charge < -0.3 is 15.7 Å². The zero-order chi connectivity index (χ0) is 13.9. The number of nitrogens with zero attached hydrogens (tertiary/aromatic N) is 1. The van der Waals surface area contributed by atoms with Crippen molar-refractivity contribution >= 4 is 23.6 Å². The summed E-state index contributed by atoms with van der Waals surface area (Å²) < 4.78 is 0. The fourth-order valence-electron chi connectivity index (χ4n) is 1.92. The van der Waals surface area contributed by atoms with Gasteiger partial charge in [0.25, 0.3) is 0 Å². The molecule has 0 bridgehead atoms. The number of terminal acetylenes is 1. The first-order valence-electron chi connectivity index (χ1n) is 5.75. The van der Waals surface area contributed by atoms with Crippen molar-refractivity contribution in [3.8, 4) is 12.3 Å². The van der Waals surface area contributed by atoms with Gasteiger partial charge in [-0.25, -0.2) is 4.79 Å². The molecule has 6 heteroatoms. The van der Waals surface area contributed by atoms with E-state index in [2.05, 4.69) is 5.92 Å². The quantitative estimate of drug-likeness (QED) is 0.720. The summed E-state index contributed by atoms with van der Waals surface area (Å²) in [6.07, 6.45) is 5.25. The van der Waals surface area contributed by atoms with E-state index >= 15 is 0 Å². The average molecular weight is 270 g/mol. The summed E-state index contributed by atoms with van der Waals surface area (Å²) in [5.74, 6) is 1.53. The number of hydrogen-bond donors (Lipinski definition) is 2. The highest BCUT2D eigenvalue weighted by Gasteiger charge is 2.43. The molecule has 0 saturated carbocycles. The molecule has 0 aromatic carbocycles. The third-order valence-corrected chi connectivity index (χ3v) is 4.42. The van der Waals surface area contributed by atoms with Crippen LogP contribution in [0.3, 0.4) is 0 Å². The Morgan fingerprint density at radius 3 is 2.67 bits per heavy atom. The van der Waals surface area contributed by atoms with Gasteiger partial charge in [-0.05, 0) is 5.92 Å². The molecule has 100 valence electrons. The van der Waals surface area contributed by atoms with Crippen LogP contribution < -0.4 is 5.73 Å². The van der Waals surface area contributed by atoms with Crippen LogP contribution in [-0.2, 0) is 9.59 Å². The second-order valence-corrected chi connectivity index (χ2v) is 5.73. The lowest BCUT2D eigenvalue weighted by molar-refractivity contribution is -0.150. The number of rotatable bonds is 4. The SMILES string of the molecule is C#CCC(N)C(=O)N1C(C(=O)O)CSC1C(C)C. The molecule has 0 aromatic heterocycles. The fourth-order valence-corrected chi connectivity index (χ4v) is 3.40. The normalized spacial score (nSPS) is 24.9. The molecule has 0 aromatic rings. The molecule has 1 aliphatic heterocycles. The van der Waals surface area contributed by atoms with Crippen molar-refractivity contribution in [1.29, 1.82) is 0 Å². The van der Waals surface area contributed by atoms with Crippen LogP contribution in [-0.4, -0.2) is 45.1 Å². The summed E-state index contributed by atoms with van der Waals surface area (Å²) in [4.78, 5) is 24.8. The molecule has 0 radical (unpaired) electrons. The van der Waals surface area contributed by atoms with Crippen LogP contribution in [0.4, 0.5) is 0 Å². The third kappa shape index (κ3) is 2.98. The van der Waals surface area contributed by atoms with Crippen LogP contribution in [0.2, 0.25) is 0 Å². The van der Waals surface area contributed by atoms with Gasteiger partial charge in [0.2, 0.25) is 5.91 Å². The number of carboxylic acid groups (broad SMARTS) is 1. The number of nitrogens with two attached hydrogens (primary N) is 1. The molecule has 1 fully saturated rings. The summed E-state index contributed by atoms with van der Waals surface area (Å²) in [7, 11) is 0. The van der Waals surface area contributed by atoms with Gasteiger partial charge in [0.1, 0.15) is 6.04 Å². The topological polar surface area (TPSA) is 83.6 Å². The molecule has 3 N–H and O–H groups in total. The van der Waals surface area contributed by atoms with Gasteiger partial charge in [0.05, 0.1) is 11.4 Å². The first kappa shape index (κ1) is 14.9. The van der Waals surface area contributed by atoms with Crippen molar-refractivity contribution < 1.29 is 14.7 Å². The Kier molecular flexibility index (Phi) is 5.05. The van der Waals surface area contributed by atoms with E-state index in [1.54, 1.807) is 0 Å². The summed E-state index contributed by atoms with van der Waals surface area (Å²) in [5, 5.41) is 9.00. The van der Waals surface area contributed by atoms with Gasteiger partial charge in [-0.2, -0.15) is 0 Å². The Labute approximate surface area is 111 Å². The number of carbonyl (C=O) groups is 2.